The van der Waals surface area contributed by atoms with Crippen molar-refractivity contribution < 1.29 is 27.8 Å². The second-order valence-corrected chi connectivity index (χ2v) is 9.88. The third-order valence-electron chi connectivity index (χ3n) is 6.08. The van der Waals surface area contributed by atoms with Crippen LogP contribution in [0.5, 0.6) is 5.75 Å². The van der Waals surface area contributed by atoms with Crippen molar-refractivity contribution in [3.05, 3.63) is 35.0 Å². The maximum Gasteiger partial charge on any atom is 0.410 e. The van der Waals surface area contributed by atoms with Gasteiger partial charge in [-0.25, -0.2) is 18.3 Å². The molecule has 4 rings (SSSR count). The Labute approximate surface area is 201 Å². The van der Waals surface area contributed by atoms with Crippen LogP contribution in [0.2, 0.25) is 0 Å². The zero-order chi connectivity index (χ0) is 25.7. The van der Waals surface area contributed by atoms with Gasteiger partial charge in [0.1, 0.15) is 28.4 Å². The summed E-state index contributed by atoms with van der Waals surface area (Å²) < 4.78 is 40.4. The highest BCUT2D eigenvalue weighted by Gasteiger charge is 2.36. The summed E-state index contributed by atoms with van der Waals surface area (Å²) in [6.07, 6.45) is 0.259. The number of nitrogen functional groups attached to an aromatic ring is 1. The predicted molar refractivity (Wildman–Crippen MR) is 124 cm³/mol. The van der Waals surface area contributed by atoms with Crippen LogP contribution in [0.3, 0.4) is 0 Å². The topological polar surface area (TPSA) is 129 Å². The number of nitrogens with two attached hydrogens (primary N) is 2. The molecule has 4 N–H and O–H groups in total. The Morgan fingerprint density at radius 1 is 1.26 bits per heavy atom. The van der Waals surface area contributed by atoms with Crippen LogP contribution in [0.1, 0.15) is 55.8 Å². The lowest BCUT2D eigenvalue weighted by Crippen LogP contribution is -2.41. The number of fused-ring (bicyclic) bond motifs is 1. The molecule has 1 saturated heterocycles. The summed E-state index contributed by atoms with van der Waals surface area (Å²) >= 11 is 0. The molecule has 1 aromatic heterocycles. The van der Waals surface area contributed by atoms with Gasteiger partial charge in [0.05, 0.1) is 24.8 Å². The molecule has 0 bridgehead atoms. The number of ether oxygens (including phenoxy) is 2. The Morgan fingerprint density at radius 2 is 1.94 bits per heavy atom. The number of rotatable bonds is 4. The molecule has 1 aromatic carbocycles. The van der Waals surface area contributed by atoms with Crippen molar-refractivity contribution in [3.8, 4) is 5.75 Å². The summed E-state index contributed by atoms with van der Waals surface area (Å²) in [5.74, 6) is -2.68. The molecule has 2 aliphatic heterocycles. The van der Waals surface area contributed by atoms with Crippen LogP contribution in [-0.2, 0) is 11.3 Å². The third kappa shape index (κ3) is 4.82. The van der Waals surface area contributed by atoms with Crippen LogP contribution in [0, 0.1) is 11.6 Å². The monoisotopic (exact) mass is 492 g/mol. The van der Waals surface area contributed by atoms with E-state index >= 15 is 0 Å². The van der Waals surface area contributed by atoms with Crippen molar-refractivity contribution in [3.63, 3.8) is 0 Å². The molecule has 0 radical (unpaired) electrons. The number of carbonyl (C=O) groups excluding carboxylic acids is 2. The Morgan fingerprint density at radius 3 is 2.60 bits per heavy atom. The predicted octanol–water partition coefficient (Wildman–Crippen LogP) is 2.81. The van der Waals surface area contributed by atoms with E-state index in [2.05, 4.69) is 5.10 Å². The average Bonchev–Trinajstić information content (AvgIpc) is 3.33. The van der Waals surface area contributed by atoms with E-state index in [1.165, 1.54) is 4.68 Å². The van der Waals surface area contributed by atoms with Gasteiger partial charge in [0.15, 0.2) is 17.7 Å². The molecular formula is C23H30F2N6O4. The SMILES string of the molecule is CN1CC(c2nn(CC3CCCN3C(=O)OC(C)(C)C)c(N)c2C(N)=O)Oc2cc(F)c(F)cc21. The Kier molecular flexibility index (Phi) is 6.24. The molecular weight excluding hydrogens is 462 g/mol. The first-order valence-electron chi connectivity index (χ1n) is 11.4. The molecule has 1 fully saturated rings. The van der Waals surface area contributed by atoms with Gasteiger partial charge in [0, 0.05) is 25.7 Å². The molecule has 2 amide bonds. The quantitative estimate of drug-likeness (QED) is 0.671. The summed E-state index contributed by atoms with van der Waals surface area (Å²) in [6, 6.07) is 1.76. The number of aromatic nitrogens is 2. The summed E-state index contributed by atoms with van der Waals surface area (Å²) in [6.45, 7) is 6.35. The van der Waals surface area contributed by atoms with Crippen molar-refractivity contribution in [1.29, 1.82) is 0 Å². The van der Waals surface area contributed by atoms with Gasteiger partial charge in [0.25, 0.3) is 5.91 Å². The van der Waals surface area contributed by atoms with E-state index in [1.807, 2.05) is 0 Å². The highest BCUT2D eigenvalue weighted by molar-refractivity contribution is 5.98. The highest BCUT2D eigenvalue weighted by atomic mass is 19.2. The standard InChI is InChI=1S/C23H30F2N6O4/c1-23(2,3)35-22(33)30-7-5-6-12(30)10-31-20(26)18(21(27)32)19(28-31)17-11-29(4)15-8-13(24)14(25)9-16(15)34-17/h8-9,12,17H,5-7,10-11,26H2,1-4H3,(H2,27,32). The number of amides is 2. The fourth-order valence-electron chi connectivity index (χ4n) is 4.49. The maximum absolute atomic E-state index is 13.8. The number of nitrogens with zero attached hydrogens (tertiary/aromatic N) is 4. The van der Waals surface area contributed by atoms with Gasteiger partial charge >= 0.3 is 6.09 Å². The second-order valence-electron chi connectivity index (χ2n) is 9.88. The molecule has 10 nitrogen and oxygen atoms in total. The molecule has 0 spiro atoms. The normalized spacial score (nSPS) is 19.9. The molecule has 190 valence electrons. The molecule has 2 unspecified atom stereocenters. The van der Waals surface area contributed by atoms with E-state index < -0.39 is 35.3 Å². The lowest BCUT2D eigenvalue weighted by Gasteiger charge is -2.33. The first kappa shape index (κ1) is 24.6. The minimum absolute atomic E-state index is 0.00347. The largest absolute Gasteiger partial charge is 0.480 e. The van der Waals surface area contributed by atoms with Crippen LogP contribution in [0.25, 0.3) is 0 Å². The van der Waals surface area contributed by atoms with Crippen LogP contribution in [0.15, 0.2) is 12.1 Å². The Bertz CT molecular complexity index is 1160. The first-order chi connectivity index (χ1) is 16.4. The van der Waals surface area contributed by atoms with E-state index in [4.69, 9.17) is 20.9 Å². The zero-order valence-corrected chi connectivity index (χ0v) is 20.2. The average molecular weight is 493 g/mol. The minimum Gasteiger partial charge on any atom is -0.480 e. The summed E-state index contributed by atoms with van der Waals surface area (Å²) in [5.41, 5.74) is 11.8. The Balaban J connectivity index is 1.62. The van der Waals surface area contributed by atoms with Gasteiger partial charge in [-0.1, -0.05) is 0 Å². The molecule has 0 aliphatic carbocycles. The first-order valence-corrected chi connectivity index (χ1v) is 11.4. The molecule has 2 atom stereocenters. The maximum atomic E-state index is 13.8. The third-order valence-corrected chi connectivity index (χ3v) is 6.08. The van der Waals surface area contributed by atoms with Gasteiger partial charge in [0.2, 0.25) is 0 Å². The summed E-state index contributed by atoms with van der Waals surface area (Å²) in [7, 11) is 1.69. The number of hydrogen-bond acceptors (Lipinski definition) is 7. The van der Waals surface area contributed by atoms with Crippen LogP contribution in [-0.4, -0.2) is 58.5 Å². The number of likely N-dealkylation sites (N-methyl/N-ethyl adjacent to an activating group) is 1. The fourth-order valence-corrected chi connectivity index (χ4v) is 4.49. The van der Waals surface area contributed by atoms with Crippen molar-refractivity contribution in [2.24, 2.45) is 5.73 Å². The van der Waals surface area contributed by atoms with Gasteiger partial charge < -0.3 is 30.7 Å². The molecule has 35 heavy (non-hydrogen) atoms. The van der Waals surface area contributed by atoms with Crippen molar-refractivity contribution in [1.82, 2.24) is 14.7 Å². The van der Waals surface area contributed by atoms with Gasteiger partial charge in [-0.05, 0) is 33.6 Å². The number of anilines is 2. The fraction of sp³-hybridized carbons (Fsp3) is 0.522. The van der Waals surface area contributed by atoms with Gasteiger partial charge in [-0.2, -0.15) is 5.10 Å². The van der Waals surface area contributed by atoms with Crippen molar-refractivity contribution >= 4 is 23.5 Å². The number of hydrogen-bond donors (Lipinski definition) is 2. The lowest BCUT2D eigenvalue weighted by molar-refractivity contribution is 0.0211. The van der Waals surface area contributed by atoms with Crippen LogP contribution < -0.4 is 21.1 Å². The van der Waals surface area contributed by atoms with E-state index in [0.717, 1.165) is 18.6 Å². The van der Waals surface area contributed by atoms with Crippen LogP contribution in [0.4, 0.5) is 25.1 Å². The van der Waals surface area contributed by atoms with Gasteiger partial charge in [-0.3, -0.25) is 4.79 Å². The highest BCUT2D eigenvalue weighted by Crippen LogP contribution is 2.40. The van der Waals surface area contributed by atoms with Crippen LogP contribution >= 0.6 is 0 Å². The van der Waals surface area contributed by atoms with E-state index in [-0.39, 0.29) is 42.0 Å². The molecule has 2 aromatic rings. The summed E-state index contributed by atoms with van der Waals surface area (Å²) in [5, 5.41) is 4.53. The number of carbonyl (C=O) groups is 2. The Hall–Kier alpha value is -3.57. The molecule has 0 saturated carbocycles. The number of benzene rings is 1. The van der Waals surface area contributed by atoms with Gasteiger partial charge in [-0.15, -0.1) is 0 Å². The number of halogens is 2. The molecule has 12 heteroatoms. The van der Waals surface area contributed by atoms with Crippen molar-refractivity contribution in [2.45, 2.75) is 57.9 Å². The van der Waals surface area contributed by atoms with E-state index in [0.29, 0.717) is 18.7 Å². The summed E-state index contributed by atoms with van der Waals surface area (Å²) in [4.78, 5) is 28.3. The minimum atomic E-state index is -1.05. The smallest absolute Gasteiger partial charge is 0.410 e. The zero-order valence-electron chi connectivity index (χ0n) is 20.2. The molecule has 2 aliphatic rings. The number of likely N-dealkylation sites (tertiary alicyclic amines) is 1. The second kappa shape index (κ2) is 8.90. The van der Waals surface area contributed by atoms with E-state index in [9.17, 15) is 18.4 Å². The van der Waals surface area contributed by atoms with E-state index in [1.54, 1.807) is 37.6 Å². The molecule has 3 heterocycles. The number of primary amides is 1. The van der Waals surface area contributed by atoms with Crippen molar-refractivity contribution in [2.75, 3.05) is 30.8 Å². The lowest BCUT2D eigenvalue weighted by atomic mass is 10.1.